The summed E-state index contributed by atoms with van der Waals surface area (Å²) in [5, 5.41) is 0. The summed E-state index contributed by atoms with van der Waals surface area (Å²) >= 11 is 0. The maximum absolute atomic E-state index is 5.72. The van der Waals surface area contributed by atoms with E-state index in [-0.39, 0.29) is 5.95 Å². The van der Waals surface area contributed by atoms with Crippen LogP contribution in [-0.2, 0) is 0 Å². The second kappa shape index (κ2) is 7.11. The van der Waals surface area contributed by atoms with Crippen LogP contribution in [0.2, 0.25) is 0 Å². The van der Waals surface area contributed by atoms with Crippen molar-refractivity contribution in [3.05, 3.63) is 0 Å². The minimum atomic E-state index is 0.200. The number of hydrogen-bond donors (Lipinski definition) is 1. The Balaban J connectivity index is 2.99. The average molecular weight is 267 g/mol. The zero-order chi connectivity index (χ0) is 14.4. The molecule has 6 heteroatoms. The number of nitrogens with two attached hydrogens (primary N) is 1. The third kappa shape index (κ3) is 5.28. The highest BCUT2D eigenvalue weighted by Gasteiger charge is 2.15. The van der Waals surface area contributed by atoms with E-state index in [4.69, 9.17) is 10.5 Å². The highest BCUT2D eigenvalue weighted by Crippen LogP contribution is 2.16. The standard InChI is InChI=1S/C13H25N5O/c1-6-19-13-16-11(14)15-12(17-13)18(7-9(2)3)8-10(4)5/h9-10H,6-8H2,1-5H3,(H2,14,15,16,17). The molecule has 0 aliphatic heterocycles. The first kappa shape index (κ1) is 15.5. The minimum Gasteiger partial charge on any atom is -0.464 e. The largest absolute Gasteiger partial charge is 0.464 e. The summed E-state index contributed by atoms with van der Waals surface area (Å²) in [6.07, 6.45) is 0. The van der Waals surface area contributed by atoms with Gasteiger partial charge in [0.15, 0.2) is 0 Å². The van der Waals surface area contributed by atoms with E-state index < -0.39 is 0 Å². The Morgan fingerprint density at radius 3 is 2.11 bits per heavy atom. The lowest BCUT2D eigenvalue weighted by atomic mass is 10.1. The monoisotopic (exact) mass is 267 g/mol. The molecular formula is C13H25N5O. The predicted octanol–water partition coefficient (Wildman–Crippen LogP) is 1.97. The Labute approximate surface area is 115 Å². The second-order valence-electron chi connectivity index (χ2n) is 5.40. The predicted molar refractivity (Wildman–Crippen MR) is 77.3 cm³/mol. The van der Waals surface area contributed by atoms with E-state index in [9.17, 15) is 0 Å². The van der Waals surface area contributed by atoms with Gasteiger partial charge in [-0.25, -0.2) is 0 Å². The van der Waals surface area contributed by atoms with E-state index in [1.54, 1.807) is 0 Å². The van der Waals surface area contributed by atoms with Gasteiger partial charge in [-0.05, 0) is 18.8 Å². The van der Waals surface area contributed by atoms with E-state index in [1.165, 1.54) is 0 Å². The maximum atomic E-state index is 5.72. The number of hydrogen-bond acceptors (Lipinski definition) is 6. The Morgan fingerprint density at radius 1 is 1.05 bits per heavy atom. The Bertz CT molecular complexity index is 385. The van der Waals surface area contributed by atoms with Crippen molar-refractivity contribution in [2.75, 3.05) is 30.3 Å². The first-order valence-electron chi connectivity index (χ1n) is 6.81. The molecule has 1 rings (SSSR count). The molecule has 0 saturated carbocycles. The SMILES string of the molecule is CCOc1nc(N)nc(N(CC(C)C)CC(C)C)n1. The van der Waals surface area contributed by atoms with E-state index >= 15 is 0 Å². The van der Waals surface area contributed by atoms with Gasteiger partial charge in [0.2, 0.25) is 11.9 Å². The van der Waals surface area contributed by atoms with E-state index in [1.807, 2.05) is 6.92 Å². The van der Waals surface area contributed by atoms with Crippen LogP contribution in [0.3, 0.4) is 0 Å². The molecule has 108 valence electrons. The summed E-state index contributed by atoms with van der Waals surface area (Å²) in [5.41, 5.74) is 5.72. The van der Waals surface area contributed by atoms with Gasteiger partial charge in [0.25, 0.3) is 0 Å². The fourth-order valence-electron chi connectivity index (χ4n) is 1.82. The molecule has 6 nitrogen and oxygen atoms in total. The smallest absolute Gasteiger partial charge is 0.323 e. The van der Waals surface area contributed by atoms with Gasteiger partial charge in [0.1, 0.15) is 0 Å². The lowest BCUT2D eigenvalue weighted by Gasteiger charge is -2.26. The molecule has 1 aromatic rings. The van der Waals surface area contributed by atoms with Crippen molar-refractivity contribution in [1.82, 2.24) is 15.0 Å². The molecule has 0 unspecified atom stereocenters. The van der Waals surface area contributed by atoms with Crippen LogP contribution < -0.4 is 15.4 Å². The van der Waals surface area contributed by atoms with Crippen LogP contribution in [0.15, 0.2) is 0 Å². The summed E-state index contributed by atoms with van der Waals surface area (Å²) in [5.74, 6) is 1.84. The Hall–Kier alpha value is -1.59. The van der Waals surface area contributed by atoms with Gasteiger partial charge < -0.3 is 15.4 Å². The second-order valence-corrected chi connectivity index (χ2v) is 5.40. The van der Waals surface area contributed by atoms with Crippen molar-refractivity contribution in [2.45, 2.75) is 34.6 Å². The maximum Gasteiger partial charge on any atom is 0.323 e. The molecule has 0 aliphatic rings. The van der Waals surface area contributed by atoms with Crippen molar-refractivity contribution in [2.24, 2.45) is 11.8 Å². The average Bonchev–Trinajstić information content (AvgIpc) is 2.26. The number of nitrogen functional groups attached to an aromatic ring is 1. The van der Waals surface area contributed by atoms with Gasteiger partial charge in [-0.1, -0.05) is 27.7 Å². The van der Waals surface area contributed by atoms with E-state index in [2.05, 4.69) is 47.5 Å². The molecule has 0 fully saturated rings. The molecule has 0 atom stereocenters. The summed E-state index contributed by atoms with van der Waals surface area (Å²) in [4.78, 5) is 14.7. The van der Waals surface area contributed by atoms with Gasteiger partial charge in [0, 0.05) is 13.1 Å². The van der Waals surface area contributed by atoms with Crippen molar-refractivity contribution in [3.8, 4) is 6.01 Å². The van der Waals surface area contributed by atoms with Gasteiger partial charge >= 0.3 is 6.01 Å². The third-order valence-electron chi connectivity index (χ3n) is 2.35. The molecule has 1 heterocycles. The quantitative estimate of drug-likeness (QED) is 0.814. The molecular weight excluding hydrogens is 242 g/mol. The minimum absolute atomic E-state index is 0.200. The Kier molecular flexibility index (Phi) is 5.79. The van der Waals surface area contributed by atoms with Crippen LogP contribution in [-0.4, -0.2) is 34.6 Å². The van der Waals surface area contributed by atoms with Crippen molar-refractivity contribution in [1.29, 1.82) is 0 Å². The summed E-state index contributed by atoms with van der Waals surface area (Å²) in [7, 11) is 0. The highest BCUT2D eigenvalue weighted by atomic mass is 16.5. The van der Waals surface area contributed by atoms with E-state index in [0.717, 1.165) is 13.1 Å². The summed E-state index contributed by atoms with van der Waals surface area (Å²) in [6, 6.07) is 0.294. The van der Waals surface area contributed by atoms with Crippen LogP contribution in [0.5, 0.6) is 6.01 Å². The first-order chi connectivity index (χ1) is 8.92. The number of anilines is 2. The Morgan fingerprint density at radius 2 is 1.63 bits per heavy atom. The fourth-order valence-corrected chi connectivity index (χ4v) is 1.82. The number of nitrogens with zero attached hydrogens (tertiary/aromatic N) is 4. The van der Waals surface area contributed by atoms with Gasteiger partial charge in [-0.3, -0.25) is 0 Å². The first-order valence-corrected chi connectivity index (χ1v) is 6.81. The van der Waals surface area contributed by atoms with Crippen molar-refractivity contribution < 1.29 is 4.74 Å². The molecule has 0 aliphatic carbocycles. The molecule has 0 aromatic carbocycles. The van der Waals surface area contributed by atoms with Gasteiger partial charge in [0.05, 0.1) is 6.61 Å². The van der Waals surface area contributed by atoms with Crippen LogP contribution in [0.4, 0.5) is 11.9 Å². The number of rotatable bonds is 7. The normalized spacial score (nSPS) is 11.1. The molecule has 19 heavy (non-hydrogen) atoms. The fraction of sp³-hybridized carbons (Fsp3) is 0.769. The van der Waals surface area contributed by atoms with Gasteiger partial charge in [-0.2, -0.15) is 15.0 Å². The topological polar surface area (TPSA) is 77.2 Å². The zero-order valence-electron chi connectivity index (χ0n) is 12.6. The van der Waals surface area contributed by atoms with Gasteiger partial charge in [-0.15, -0.1) is 0 Å². The van der Waals surface area contributed by atoms with Crippen LogP contribution in [0.1, 0.15) is 34.6 Å². The van der Waals surface area contributed by atoms with Crippen LogP contribution in [0.25, 0.3) is 0 Å². The number of ether oxygens (including phenoxy) is 1. The molecule has 0 amide bonds. The number of aromatic nitrogens is 3. The van der Waals surface area contributed by atoms with E-state index in [0.29, 0.717) is 30.4 Å². The lowest BCUT2D eigenvalue weighted by molar-refractivity contribution is 0.312. The summed E-state index contributed by atoms with van der Waals surface area (Å²) in [6.45, 7) is 12.8. The third-order valence-corrected chi connectivity index (χ3v) is 2.35. The highest BCUT2D eigenvalue weighted by molar-refractivity contribution is 5.36. The molecule has 0 radical (unpaired) electrons. The van der Waals surface area contributed by atoms with Crippen LogP contribution in [0, 0.1) is 11.8 Å². The summed E-state index contributed by atoms with van der Waals surface area (Å²) < 4.78 is 5.32. The molecule has 1 aromatic heterocycles. The molecule has 0 bridgehead atoms. The van der Waals surface area contributed by atoms with Crippen molar-refractivity contribution in [3.63, 3.8) is 0 Å². The zero-order valence-corrected chi connectivity index (χ0v) is 12.6. The molecule has 2 N–H and O–H groups in total. The van der Waals surface area contributed by atoms with Crippen LogP contribution >= 0.6 is 0 Å². The molecule has 0 saturated heterocycles. The van der Waals surface area contributed by atoms with Crippen molar-refractivity contribution >= 4 is 11.9 Å². The molecule has 0 spiro atoms. The lowest BCUT2D eigenvalue weighted by Crippen LogP contribution is -2.33.